The molecule has 2 nitrogen and oxygen atoms in total. The van der Waals surface area contributed by atoms with E-state index in [4.69, 9.17) is 11.6 Å². The minimum absolute atomic E-state index is 0.193. The molecule has 4 heteroatoms. The van der Waals surface area contributed by atoms with Gasteiger partial charge < -0.3 is 4.90 Å². The van der Waals surface area contributed by atoms with Gasteiger partial charge in [0, 0.05) is 22.9 Å². The van der Waals surface area contributed by atoms with E-state index in [-0.39, 0.29) is 11.9 Å². The van der Waals surface area contributed by atoms with Crippen molar-refractivity contribution >= 4 is 33.4 Å². The number of rotatable bonds is 3. The summed E-state index contributed by atoms with van der Waals surface area (Å²) in [5.41, 5.74) is 1.05. The smallest absolute Gasteiger partial charge is 0.227 e. The Morgan fingerprint density at radius 2 is 2.28 bits per heavy atom. The molecule has 1 aromatic carbocycles. The maximum Gasteiger partial charge on any atom is 0.227 e. The molecule has 1 fully saturated rings. The molecule has 1 atom stereocenters. The maximum atomic E-state index is 12.3. The highest BCUT2D eigenvalue weighted by Crippen LogP contribution is 2.20. The van der Waals surface area contributed by atoms with E-state index in [1.165, 1.54) is 6.42 Å². The zero-order valence-electron chi connectivity index (χ0n) is 10.2. The lowest BCUT2D eigenvalue weighted by Crippen LogP contribution is -2.45. The first-order chi connectivity index (χ1) is 8.70. The van der Waals surface area contributed by atoms with Crippen molar-refractivity contribution in [1.82, 2.24) is 4.90 Å². The fraction of sp³-hybridized carbons (Fsp3) is 0.500. The molecule has 0 radical (unpaired) electrons. The minimum atomic E-state index is 0.193. The highest BCUT2D eigenvalue weighted by molar-refractivity contribution is 9.10. The third kappa shape index (κ3) is 3.48. The standard InChI is InChI=1S/C14H17BrClNO/c15-12-5-3-4-11(8-12)9-14(18)17-7-2-1-6-13(17)10-16/h3-5,8,13H,1-2,6-7,9-10H2. The zero-order valence-corrected chi connectivity index (χ0v) is 12.6. The fourth-order valence-electron chi connectivity index (χ4n) is 2.41. The van der Waals surface area contributed by atoms with Gasteiger partial charge >= 0.3 is 0 Å². The number of nitrogens with zero attached hydrogens (tertiary/aromatic N) is 1. The maximum absolute atomic E-state index is 12.3. The summed E-state index contributed by atoms with van der Waals surface area (Å²) in [6.45, 7) is 0.851. The van der Waals surface area contributed by atoms with Crippen molar-refractivity contribution in [3.8, 4) is 0 Å². The Morgan fingerprint density at radius 3 is 3.00 bits per heavy atom. The van der Waals surface area contributed by atoms with Crippen LogP contribution in [0.25, 0.3) is 0 Å². The fourth-order valence-corrected chi connectivity index (χ4v) is 3.18. The average molecular weight is 331 g/mol. The van der Waals surface area contributed by atoms with Crippen LogP contribution in [0.2, 0.25) is 0 Å². The normalized spacial score (nSPS) is 19.9. The van der Waals surface area contributed by atoms with Crippen LogP contribution >= 0.6 is 27.5 Å². The van der Waals surface area contributed by atoms with E-state index in [0.717, 1.165) is 29.4 Å². The van der Waals surface area contributed by atoms with Crippen LogP contribution in [0.5, 0.6) is 0 Å². The van der Waals surface area contributed by atoms with Crippen LogP contribution in [-0.2, 0) is 11.2 Å². The lowest BCUT2D eigenvalue weighted by molar-refractivity contribution is -0.133. The van der Waals surface area contributed by atoms with Crippen LogP contribution in [0.1, 0.15) is 24.8 Å². The summed E-state index contributed by atoms with van der Waals surface area (Å²) < 4.78 is 1.01. The van der Waals surface area contributed by atoms with Gasteiger partial charge in [0.25, 0.3) is 0 Å². The molecule has 1 saturated heterocycles. The molecule has 0 bridgehead atoms. The van der Waals surface area contributed by atoms with Crippen LogP contribution in [0, 0.1) is 0 Å². The van der Waals surface area contributed by atoms with Gasteiger partial charge in [-0.15, -0.1) is 11.6 Å². The van der Waals surface area contributed by atoms with E-state index in [1.54, 1.807) is 0 Å². The summed E-state index contributed by atoms with van der Waals surface area (Å²) >= 11 is 9.37. The molecule has 1 amide bonds. The number of amides is 1. The minimum Gasteiger partial charge on any atom is -0.338 e. The van der Waals surface area contributed by atoms with Gasteiger partial charge in [-0.05, 0) is 37.0 Å². The third-order valence-electron chi connectivity index (χ3n) is 3.37. The van der Waals surface area contributed by atoms with Gasteiger partial charge in [-0.2, -0.15) is 0 Å². The van der Waals surface area contributed by atoms with Crippen LogP contribution in [0.3, 0.4) is 0 Å². The molecule has 0 spiro atoms. The van der Waals surface area contributed by atoms with E-state index in [1.807, 2.05) is 29.2 Å². The van der Waals surface area contributed by atoms with Gasteiger partial charge in [-0.25, -0.2) is 0 Å². The van der Waals surface area contributed by atoms with Crippen molar-refractivity contribution in [2.24, 2.45) is 0 Å². The molecular weight excluding hydrogens is 314 g/mol. The predicted molar refractivity (Wildman–Crippen MR) is 77.9 cm³/mol. The highest BCUT2D eigenvalue weighted by atomic mass is 79.9. The van der Waals surface area contributed by atoms with E-state index >= 15 is 0 Å². The molecule has 1 aliphatic heterocycles. The molecule has 0 saturated carbocycles. The molecule has 0 aliphatic carbocycles. The molecule has 1 aliphatic rings. The number of carbonyl (C=O) groups is 1. The number of hydrogen-bond donors (Lipinski definition) is 0. The van der Waals surface area contributed by atoms with Gasteiger partial charge in [-0.1, -0.05) is 28.1 Å². The Bertz CT molecular complexity index is 424. The summed E-state index contributed by atoms with van der Waals surface area (Å²) in [7, 11) is 0. The monoisotopic (exact) mass is 329 g/mol. The van der Waals surface area contributed by atoms with Gasteiger partial charge in [0.2, 0.25) is 5.91 Å². The van der Waals surface area contributed by atoms with Gasteiger partial charge in [-0.3, -0.25) is 4.79 Å². The number of carbonyl (C=O) groups excluding carboxylic acids is 1. The average Bonchev–Trinajstić information content (AvgIpc) is 2.38. The van der Waals surface area contributed by atoms with Crippen LogP contribution in [0.15, 0.2) is 28.7 Å². The van der Waals surface area contributed by atoms with Crippen molar-refractivity contribution in [3.63, 3.8) is 0 Å². The first-order valence-corrected chi connectivity index (χ1v) is 7.63. The highest BCUT2D eigenvalue weighted by Gasteiger charge is 2.25. The molecule has 1 aromatic rings. The number of likely N-dealkylation sites (tertiary alicyclic amines) is 1. The first kappa shape index (κ1) is 13.9. The van der Waals surface area contributed by atoms with E-state index in [9.17, 15) is 4.79 Å². The quantitative estimate of drug-likeness (QED) is 0.775. The zero-order chi connectivity index (χ0) is 13.0. The molecule has 1 unspecified atom stereocenters. The van der Waals surface area contributed by atoms with Crippen molar-refractivity contribution in [1.29, 1.82) is 0 Å². The Morgan fingerprint density at radius 1 is 1.44 bits per heavy atom. The second-order valence-corrected chi connectivity index (χ2v) is 5.92. The van der Waals surface area contributed by atoms with E-state index in [2.05, 4.69) is 15.9 Å². The number of alkyl halides is 1. The molecule has 18 heavy (non-hydrogen) atoms. The summed E-state index contributed by atoms with van der Waals surface area (Å²) in [6, 6.07) is 8.14. The Labute approximate surface area is 121 Å². The number of hydrogen-bond acceptors (Lipinski definition) is 1. The Hall–Kier alpha value is -0.540. The third-order valence-corrected chi connectivity index (χ3v) is 4.22. The molecular formula is C14H17BrClNO. The SMILES string of the molecule is O=C(Cc1cccc(Br)c1)N1CCCCC1CCl. The van der Waals surface area contributed by atoms with Crippen molar-refractivity contribution in [2.45, 2.75) is 31.7 Å². The largest absolute Gasteiger partial charge is 0.338 e. The van der Waals surface area contributed by atoms with Crippen LogP contribution in [-0.4, -0.2) is 29.3 Å². The van der Waals surface area contributed by atoms with Gasteiger partial charge in [0.05, 0.1) is 6.42 Å². The van der Waals surface area contributed by atoms with Crippen molar-refractivity contribution in [3.05, 3.63) is 34.3 Å². The number of halogens is 2. The molecule has 1 heterocycles. The van der Waals surface area contributed by atoms with E-state index < -0.39 is 0 Å². The number of benzene rings is 1. The summed E-state index contributed by atoms with van der Waals surface area (Å²) in [5.74, 6) is 0.739. The second-order valence-electron chi connectivity index (χ2n) is 4.70. The summed E-state index contributed by atoms with van der Waals surface area (Å²) in [5, 5.41) is 0. The topological polar surface area (TPSA) is 20.3 Å². The van der Waals surface area contributed by atoms with Crippen LogP contribution < -0.4 is 0 Å². The predicted octanol–water partition coefficient (Wildman–Crippen LogP) is 3.61. The second kappa shape index (κ2) is 6.58. The Balaban J connectivity index is 2.02. The van der Waals surface area contributed by atoms with E-state index in [0.29, 0.717) is 12.3 Å². The van der Waals surface area contributed by atoms with Crippen molar-refractivity contribution in [2.75, 3.05) is 12.4 Å². The number of piperidine rings is 1. The molecule has 0 N–H and O–H groups in total. The summed E-state index contributed by atoms with van der Waals surface area (Å²) in [6.07, 6.45) is 3.77. The summed E-state index contributed by atoms with van der Waals surface area (Å²) in [4.78, 5) is 14.3. The molecule has 2 rings (SSSR count). The lowest BCUT2D eigenvalue weighted by atomic mass is 10.0. The molecule has 98 valence electrons. The van der Waals surface area contributed by atoms with Gasteiger partial charge in [0.15, 0.2) is 0 Å². The first-order valence-electron chi connectivity index (χ1n) is 6.30. The molecule has 0 aromatic heterocycles. The van der Waals surface area contributed by atoms with Gasteiger partial charge in [0.1, 0.15) is 0 Å². The lowest BCUT2D eigenvalue weighted by Gasteiger charge is -2.34. The van der Waals surface area contributed by atoms with Crippen molar-refractivity contribution < 1.29 is 4.79 Å². The Kier molecular flexibility index (Phi) is 5.07. The van der Waals surface area contributed by atoms with Crippen LogP contribution in [0.4, 0.5) is 0 Å².